The highest BCUT2D eigenvalue weighted by Crippen LogP contribution is 2.04. The van der Waals surface area contributed by atoms with Gasteiger partial charge in [-0.2, -0.15) is 5.10 Å². The van der Waals surface area contributed by atoms with Crippen LogP contribution in [-0.4, -0.2) is 51.6 Å². The van der Waals surface area contributed by atoms with Crippen LogP contribution in [-0.2, 0) is 0 Å². The van der Waals surface area contributed by atoms with Crippen molar-refractivity contribution in [2.45, 2.75) is 18.3 Å². The number of benzene rings is 1. The fourth-order valence-electron chi connectivity index (χ4n) is 1.12. The molecule has 1 aromatic rings. The Morgan fingerprint density at radius 2 is 1.82 bits per heavy atom. The fraction of sp³-hybridized carbons (Fsp3) is 0.364. The van der Waals surface area contributed by atoms with Crippen molar-refractivity contribution in [2.75, 3.05) is 12.0 Å². The molecule has 0 aliphatic carbocycles. The number of aliphatic hydroxyl groups excluding tert-OH is 4. The second-order valence-electron chi connectivity index (χ2n) is 3.49. The minimum atomic E-state index is -1.47. The van der Waals surface area contributed by atoms with Crippen molar-refractivity contribution in [1.82, 2.24) is 0 Å². The molecule has 5 N–H and O–H groups in total. The van der Waals surface area contributed by atoms with Crippen LogP contribution in [0.4, 0.5) is 5.69 Å². The summed E-state index contributed by atoms with van der Waals surface area (Å²) < 4.78 is 0. The number of para-hydroxylation sites is 1. The molecular formula is C11H16N2O4. The Morgan fingerprint density at radius 3 is 2.41 bits per heavy atom. The Balaban J connectivity index is 2.43. The SMILES string of the molecule is OC[C@@H](O)[C@@H](O)[C@H](O)/C=N\Nc1ccccc1. The molecule has 0 spiro atoms. The summed E-state index contributed by atoms with van der Waals surface area (Å²) in [7, 11) is 0. The van der Waals surface area contributed by atoms with Crippen LogP contribution in [0.5, 0.6) is 0 Å². The first kappa shape index (κ1) is 13.6. The van der Waals surface area contributed by atoms with Gasteiger partial charge in [-0.15, -0.1) is 0 Å². The molecule has 0 unspecified atom stereocenters. The van der Waals surface area contributed by atoms with Gasteiger partial charge in [-0.25, -0.2) is 0 Å². The maximum absolute atomic E-state index is 9.39. The van der Waals surface area contributed by atoms with E-state index in [0.29, 0.717) is 0 Å². The van der Waals surface area contributed by atoms with Crippen molar-refractivity contribution in [3.8, 4) is 0 Å². The molecule has 1 aromatic carbocycles. The third-order valence-corrected chi connectivity index (χ3v) is 2.13. The summed E-state index contributed by atoms with van der Waals surface area (Å²) in [6, 6.07) is 9.05. The number of aliphatic hydroxyl groups is 4. The lowest BCUT2D eigenvalue weighted by Crippen LogP contribution is -2.40. The quantitative estimate of drug-likeness (QED) is 0.329. The highest BCUT2D eigenvalue weighted by molar-refractivity contribution is 5.65. The Bertz CT molecular complexity index is 345. The Kier molecular flexibility index (Phi) is 5.58. The molecule has 0 radical (unpaired) electrons. The van der Waals surface area contributed by atoms with Crippen LogP contribution in [0, 0.1) is 0 Å². The zero-order valence-corrected chi connectivity index (χ0v) is 9.14. The third kappa shape index (κ3) is 4.49. The number of hydrogen-bond acceptors (Lipinski definition) is 6. The van der Waals surface area contributed by atoms with Gasteiger partial charge in [0.05, 0.1) is 18.5 Å². The van der Waals surface area contributed by atoms with Crippen molar-refractivity contribution in [1.29, 1.82) is 0 Å². The van der Waals surface area contributed by atoms with Crippen molar-refractivity contribution >= 4 is 11.9 Å². The van der Waals surface area contributed by atoms with Gasteiger partial charge in [-0.3, -0.25) is 5.43 Å². The van der Waals surface area contributed by atoms with Crippen LogP contribution in [0.3, 0.4) is 0 Å². The molecule has 0 fully saturated rings. The second-order valence-corrected chi connectivity index (χ2v) is 3.49. The largest absolute Gasteiger partial charge is 0.394 e. The zero-order valence-electron chi connectivity index (χ0n) is 9.14. The molecule has 0 aliphatic heterocycles. The van der Waals surface area contributed by atoms with E-state index in [1.54, 1.807) is 12.1 Å². The maximum atomic E-state index is 9.39. The minimum Gasteiger partial charge on any atom is -0.394 e. The number of anilines is 1. The Hall–Kier alpha value is -1.47. The van der Waals surface area contributed by atoms with E-state index in [4.69, 9.17) is 10.2 Å². The molecule has 94 valence electrons. The fourth-order valence-corrected chi connectivity index (χ4v) is 1.12. The first-order valence-electron chi connectivity index (χ1n) is 5.14. The smallest absolute Gasteiger partial charge is 0.119 e. The van der Waals surface area contributed by atoms with E-state index >= 15 is 0 Å². The highest BCUT2D eigenvalue weighted by Gasteiger charge is 2.22. The van der Waals surface area contributed by atoms with E-state index in [0.717, 1.165) is 11.9 Å². The normalized spacial score (nSPS) is 16.7. The van der Waals surface area contributed by atoms with E-state index in [2.05, 4.69) is 10.5 Å². The van der Waals surface area contributed by atoms with Gasteiger partial charge in [-0.05, 0) is 12.1 Å². The molecule has 1 rings (SSSR count). The van der Waals surface area contributed by atoms with Gasteiger partial charge in [0.15, 0.2) is 0 Å². The summed E-state index contributed by atoms with van der Waals surface area (Å²) in [5.41, 5.74) is 3.37. The number of hydrogen-bond donors (Lipinski definition) is 5. The van der Waals surface area contributed by atoms with Crippen LogP contribution in [0.1, 0.15) is 0 Å². The molecule has 0 bridgehead atoms. The molecular weight excluding hydrogens is 224 g/mol. The number of rotatable bonds is 6. The van der Waals surface area contributed by atoms with Crippen LogP contribution >= 0.6 is 0 Å². The third-order valence-electron chi connectivity index (χ3n) is 2.13. The lowest BCUT2D eigenvalue weighted by molar-refractivity contribution is -0.0541. The Labute approximate surface area is 98.8 Å². The topological polar surface area (TPSA) is 105 Å². The molecule has 0 aliphatic rings. The van der Waals surface area contributed by atoms with Crippen LogP contribution in [0.2, 0.25) is 0 Å². The highest BCUT2D eigenvalue weighted by atomic mass is 16.4. The number of nitrogens with zero attached hydrogens (tertiary/aromatic N) is 1. The van der Waals surface area contributed by atoms with E-state index in [-0.39, 0.29) is 0 Å². The summed E-state index contributed by atoms with van der Waals surface area (Å²) in [5, 5.41) is 40.0. The molecule has 3 atom stereocenters. The van der Waals surface area contributed by atoms with Gasteiger partial charge in [0.2, 0.25) is 0 Å². The van der Waals surface area contributed by atoms with E-state index in [1.165, 1.54) is 0 Å². The van der Waals surface area contributed by atoms with Gasteiger partial charge < -0.3 is 20.4 Å². The maximum Gasteiger partial charge on any atom is 0.119 e. The lowest BCUT2D eigenvalue weighted by Gasteiger charge is -2.18. The summed E-state index contributed by atoms with van der Waals surface area (Å²) >= 11 is 0. The van der Waals surface area contributed by atoms with Crippen molar-refractivity contribution < 1.29 is 20.4 Å². The minimum absolute atomic E-state index is 0.627. The van der Waals surface area contributed by atoms with Gasteiger partial charge in [0.1, 0.15) is 18.3 Å². The monoisotopic (exact) mass is 240 g/mol. The standard InChI is InChI=1S/C11H16N2O4/c14-7-10(16)11(17)9(15)6-12-13-8-4-2-1-3-5-8/h1-6,9-11,13-17H,7H2/b12-6-/t9-,10-,11+/m1/s1. The van der Waals surface area contributed by atoms with Gasteiger partial charge >= 0.3 is 0 Å². The van der Waals surface area contributed by atoms with E-state index in [9.17, 15) is 10.2 Å². The average molecular weight is 240 g/mol. The molecule has 0 heterocycles. The molecule has 0 aromatic heterocycles. The Morgan fingerprint density at radius 1 is 1.18 bits per heavy atom. The first-order valence-corrected chi connectivity index (χ1v) is 5.14. The molecule has 6 nitrogen and oxygen atoms in total. The van der Waals surface area contributed by atoms with Gasteiger partial charge in [0.25, 0.3) is 0 Å². The van der Waals surface area contributed by atoms with Crippen LogP contribution in [0.25, 0.3) is 0 Å². The van der Waals surface area contributed by atoms with E-state index < -0.39 is 24.9 Å². The first-order chi connectivity index (χ1) is 8.15. The summed E-state index contributed by atoms with van der Waals surface area (Å²) in [5.74, 6) is 0. The van der Waals surface area contributed by atoms with Crippen LogP contribution < -0.4 is 5.43 Å². The zero-order chi connectivity index (χ0) is 12.7. The summed E-state index contributed by atoms with van der Waals surface area (Å²) in [6.07, 6.45) is -3.17. The molecule has 0 saturated heterocycles. The van der Waals surface area contributed by atoms with Gasteiger partial charge in [-0.1, -0.05) is 18.2 Å². The molecule has 6 heteroatoms. The molecule has 17 heavy (non-hydrogen) atoms. The number of nitrogens with one attached hydrogen (secondary N) is 1. The molecule has 0 amide bonds. The predicted octanol–water partition coefficient (Wildman–Crippen LogP) is -0.841. The average Bonchev–Trinajstić information content (AvgIpc) is 2.38. The van der Waals surface area contributed by atoms with Crippen molar-refractivity contribution in [3.63, 3.8) is 0 Å². The molecule has 0 saturated carbocycles. The number of hydrazone groups is 1. The van der Waals surface area contributed by atoms with Crippen molar-refractivity contribution in [2.24, 2.45) is 5.10 Å². The van der Waals surface area contributed by atoms with Crippen molar-refractivity contribution in [3.05, 3.63) is 30.3 Å². The second kappa shape index (κ2) is 6.97. The van der Waals surface area contributed by atoms with E-state index in [1.807, 2.05) is 18.2 Å². The van der Waals surface area contributed by atoms with Crippen LogP contribution in [0.15, 0.2) is 35.4 Å². The van der Waals surface area contributed by atoms with Gasteiger partial charge in [0, 0.05) is 0 Å². The summed E-state index contributed by atoms with van der Waals surface area (Å²) in [6.45, 7) is -0.627. The predicted molar refractivity (Wildman–Crippen MR) is 63.7 cm³/mol. The summed E-state index contributed by atoms with van der Waals surface area (Å²) in [4.78, 5) is 0. The lowest BCUT2D eigenvalue weighted by atomic mass is 10.1.